The molecule has 5 aromatic carbocycles. The highest BCUT2D eigenvalue weighted by molar-refractivity contribution is 7.80. The van der Waals surface area contributed by atoms with Gasteiger partial charge in [0.05, 0.1) is 56.0 Å². The first kappa shape index (κ1) is 43.1. The normalized spacial score (nSPS) is 11.2. The second kappa shape index (κ2) is 17.2. The molecule has 0 aliphatic heterocycles. The maximum Gasteiger partial charge on any atom is 0.416 e. The highest BCUT2D eigenvalue weighted by Crippen LogP contribution is 2.41. The van der Waals surface area contributed by atoms with Crippen LogP contribution in [0, 0.1) is 20.2 Å². The zero-order chi connectivity index (χ0) is 43.4. The predicted molar refractivity (Wildman–Crippen MR) is 208 cm³/mol. The number of nitrogens with two attached hydrogens (primary N) is 1. The minimum absolute atomic E-state index is 0.0113. The van der Waals surface area contributed by atoms with Crippen molar-refractivity contribution in [2.75, 3.05) is 7.11 Å². The molecule has 0 amide bonds. The summed E-state index contributed by atoms with van der Waals surface area (Å²) in [5, 5.41) is 33.7. The van der Waals surface area contributed by atoms with Crippen molar-refractivity contribution in [1.82, 2.24) is 4.98 Å². The van der Waals surface area contributed by atoms with Crippen molar-refractivity contribution in [1.29, 1.82) is 0 Å². The highest BCUT2D eigenvalue weighted by atomic mass is 32.1. The van der Waals surface area contributed by atoms with Gasteiger partial charge in [-0.2, -0.15) is 26.3 Å². The van der Waals surface area contributed by atoms with E-state index in [4.69, 9.17) is 22.7 Å². The number of benzene rings is 5. The van der Waals surface area contributed by atoms with Crippen LogP contribution in [-0.2, 0) is 17.1 Å². The number of aromatic carboxylic acids is 1. The lowest BCUT2D eigenvalue weighted by molar-refractivity contribution is -0.384. The van der Waals surface area contributed by atoms with Crippen LogP contribution >= 0.6 is 23.6 Å². The van der Waals surface area contributed by atoms with Gasteiger partial charge in [-0.25, -0.2) is 14.6 Å². The lowest BCUT2D eigenvalue weighted by atomic mass is 9.96. The van der Waals surface area contributed by atoms with Crippen molar-refractivity contribution >= 4 is 51.9 Å². The molecule has 12 nitrogen and oxygen atoms in total. The second-order valence-electron chi connectivity index (χ2n) is 12.1. The molecule has 6 rings (SSSR count). The fourth-order valence-electron chi connectivity index (χ4n) is 5.66. The average molecular weight is 855 g/mol. The molecular formula is C39H24F6N4O8S2. The van der Waals surface area contributed by atoms with E-state index in [0.717, 1.165) is 11.3 Å². The predicted octanol–water partition coefficient (Wildman–Crippen LogP) is 10.5. The molecule has 0 aliphatic carbocycles. The van der Waals surface area contributed by atoms with Crippen LogP contribution in [0.1, 0.15) is 37.4 Å². The second-order valence-corrected chi connectivity index (χ2v) is 13.4. The van der Waals surface area contributed by atoms with Gasteiger partial charge in [-0.15, -0.1) is 11.3 Å². The molecule has 302 valence electrons. The Morgan fingerprint density at radius 1 is 0.729 bits per heavy atom. The van der Waals surface area contributed by atoms with Gasteiger partial charge in [0, 0.05) is 45.3 Å². The first-order valence-electron chi connectivity index (χ1n) is 16.3. The number of aromatic nitrogens is 1. The van der Waals surface area contributed by atoms with Crippen molar-refractivity contribution in [2.45, 2.75) is 12.4 Å². The fraction of sp³-hybridized carbons (Fsp3) is 0.0769. The van der Waals surface area contributed by atoms with Crippen LogP contribution in [0.5, 0.6) is 0 Å². The summed E-state index contributed by atoms with van der Waals surface area (Å²) in [6.07, 6.45) is -10.1. The van der Waals surface area contributed by atoms with E-state index in [1.807, 2.05) is 0 Å². The molecule has 59 heavy (non-hydrogen) atoms. The van der Waals surface area contributed by atoms with Gasteiger partial charge >= 0.3 is 24.3 Å². The van der Waals surface area contributed by atoms with E-state index < -0.39 is 50.8 Å². The number of para-hydroxylation sites is 2. The Kier molecular flexibility index (Phi) is 12.6. The van der Waals surface area contributed by atoms with Crippen LogP contribution in [0.2, 0.25) is 0 Å². The Hall–Kier alpha value is -7.06. The summed E-state index contributed by atoms with van der Waals surface area (Å²) in [5.41, 5.74) is 2.94. The molecule has 0 unspecified atom stereocenters. The first-order chi connectivity index (χ1) is 27.7. The van der Waals surface area contributed by atoms with Crippen LogP contribution in [-0.4, -0.2) is 44.0 Å². The van der Waals surface area contributed by atoms with E-state index in [9.17, 15) is 61.3 Å². The van der Waals surface area contributed by atoms with E-state index in [1.54, 1.807) is 30.3 Å². The van der Waals surface area contributed by atoms with E-state index in [2.05, 4.69) is 4.98 Å². The number of carbonyl (C=O) groups is 2. The van der Waals surface area contributed by atoms with Crippen LogP contribution in [0.3, 0.4) is 0 Å². The number of alkyl halides is 6. The number of hydrogen-bond acceptors (Lipinski definition) is 10. The number of ether oxygens (including phenoxy) is 1. The van der Waals surface area contributed by atoms with Gasteiger partial charge in [-0.05, 0) is 42.5 Å². The van der Waals surface area contributed by atoms with Gasteiger partial charge in [0.25, 0.3) is 11.4 Å². The number of thiocarbonyl (C=S) groups is 1. The summed E-state index contributed by atoms with van der Waals surface area (Å²) in [7, 11) is 1.24. The van der Waals surface area contributed by atoms with Crippen LogP contribution in [0.4, 0.5) is 37.7 Å². The molecule has 0 bridgehead atoms. The van der Waals surface area contributed by atoms with E-state index in [-0.39, 0.29) is 60.9 Å². The molecule has 6 aromatic rings. The summed E-state index contributed by atoms with van der Waals surface area (Å²) in [6.45, 7) is 0. The SMILES string of the molecule is COC(=O)c1cc(C(N)=S)ccc1-c1ccccc1[N+](=O)[O-].O=C(O)c1cc(-c2nc(-c3cc(C(F)(F)F)cc(C(F)(F)F)c3)cs2)ccc1-c1ccccc1[N+](=O)[O-]. The lowest BCUT2D eigenvalue weighted by Gasteiger charge is -2.13. The molecule has 1 aromatic heterocycles. The Morgan fingerprint density at radius 2 is 1.24 bits per heavy atom. The van der Waals surface area contributed by atoms with Gasteiger partial charge in [0.1, 0.15) is 10.00 Å². The van der Waals surface area contributed by atoms with Crippen LogP contribution in [0.25, 0.3) is 44.1 Å². The van der Waals surface area contributed by atoms with Gasteiger partial charge in [-0.1, -0.05) is 60.7 Å². The maximum absolute atomic E-state index is 13.2. The van der Waals surface area contributed by atoms with Crippen molar-refractivity contribution in [3.63, 3.8) is 0 Å². The number of carboxylic acids is 1. The van der Waals surface area contributed by atoms with Crippen molar-refractivity contribution < 1.29 is 55.6 Å². The number of esters is 1. The number of nitrogens with zero attached hydrogens (tertiary/aromatic N) is 3. The number of hydrogen-bond donors (Lipinski definition) is 2. The van der Waals surface area contributed by atoms with Crippen LogP contribution < -0.4 is 5.73 Å². The molecule has 0 atom stereocenters. The highest BCUT2D eigenvalue weighted by Gasteiger charge is 2.37. The van der Waals surface area contributed by atoms with Gasteiger partial charge < -0.3 is 15.6 Å². The molecule has 0 saturated heterocycles. The number of halogens is 6. The third-order valence-electron chi connectivity index (χ3n) is 8.38. The number of rotatable bonds is 9. The zero-order valence-corrected chi connectivity index (χ0v) is 31.3. The van der Waals surface area contributed by atoms with E-state index in [0.29, 0.717) is 28.8 Å². The van der Waals surface area contributed by atoms with Crippen LogP contribution in [0.15, 0.2) is 109 Å². The van der Waals surface area contributed by atoms with Gasteiger partial charge in [0.2, 0.25) is 0 Å². The minimum Gasteiger partial charge on any atom is -0.478 e. The summed E-state index contributed by atoms with van der Waals surface area (Å²) < 4.78 is 84.0. The number of carboxylic acid groups (broad SMARTS) is 1. The van der Waals surface area contributed by atoms with Crippen molar-refractivity contribution in [3.8, 4) is 44.1 Å². The molecule has 1 heterocycles. The minimum atomic E-state index is -5.03. The Labute approximate surface area is 337 Å². The number of nitro benzene ring substituents is 2. The Balaban J connectivity index is 0.000000256. The summed E-state index contributed by atoms with van der Waals surface area (Å²) >= 11 is 5.77. The molecule has 0 fully saturated rings. The quantitative estimate of drug-likeness (QED) is 0.0463. The third kappa shape index (κ3) is 9.74. The molecule has 0 saturated carbocycles. The molecule has 0 aliphatic rings. The average Bonchev–Trinajstić information content (AvgIpc) is 3.70. The Morgan fingerprint density at radius 3 is 1.71 bits per heavy atom. The standard InChI is InChI=1S/C24H12F6N2O4S.C15H12N2O4S/c25-23(26,27)14-7-13(8-15(10-14)24(28,29)30)19-11-37-21(31-19)12-5-6-16(18(9-12)22(33)34)17-3-1-2-4-20(17)32(35)36;1-21-15(18)12-8-9(14(16)22)6-7-10(12)11-4-2-3-5-13(11)17(19)20/h1-11H,(H,33,34);2-8H,1H3,(H2,16,22). The molecule has 3 N–H and O–H groups in total. The number of carbonyl (C=O) groups excluding carboxylic acids is 1. The Bertz CT molecular complexity index is 2620. The zero-order valence-electron chi connectivity index (χ0n) is 29.7. The van der Waals surface area contributed by atoms with E-state index in [1.165, 1.54) is 67.1 Å². The smallest absolute Gasteiger partial charge is 0.416 e. The maximum atomic E-state index is 13.2. The molecular weight excluding hydrogens is 831 g/mol. The van der Waals surface area contributed by atoms with Crippen molar-refractivity contribution in [2.24, 2.45) is 5.73 Å². The summed E-state index contributed by atoms with van der Waals surface area (Å²) in [4.78, 5) is 49.6. The molecule has 20 heteroatoms. The number of nitro groups is 2. The molecule has 0 radical (unpaired) electrons. The largest absolute Gasteiger partial charge is 0.478 e. The summed E-state index contributed by atoms with van der Waals surface area (Å²) in [6, 6.07) is 21.4. The topological polar surface area (TPSA) is 189 Å². The van der Waals surface area contributed by atoms with E-state index >= 15 is 0 Å². The fourth-order valence-corrected chi connectivity index (χ4v) is 6.62. The first-order valence-corrected chi connectivity index (χ1v) is 17.6. The monoisotopic (exact) mass is 854 g/mol. The summed E-state index contributed by atoms with van der Waals surface area (Å²) in [5.74, 6) is -2.02. The van der Waals surface area contributed by atoms with Gasteiger partial charge in [-0.3, -0.25) is 20.2 Å². The third-order valence-corrected chi connectivity index (χ3v) is 9.50. The number of methoxy groups -OCH3 is 1. The van der Waals surface area contributed by atoms with Crippen molar-refractivity contribution in [3.05, 3.63) is 157 Å². The lowest BCUT2D eigenvalue weighted by Crippen LogP contribution is -2.12. The molecule has 0 spiro atoms. The van der Waals surface area contributed by atoms with Gasteiger partial charge in [0.15, 0.2) is 0 Å². The number of thiazole rings is 1.